The van der Waals surface area contributed by atoms with Crippen molar-refractivity contribution in [3.05, 3.63) is 65.5 Å². The van der Waals surface area contributed by atoms with Crippen LogP contribution < -0.4 is 5.63 Å². The molecule has 0 aliphatic rings. The highest BCUT2D eigenvalue weighted by Gasteiger charge is 2.16. The van der Waals surface area contributed by atoms with Gasteiger partial charge in [-0.2, -0.15) is 0 Å². The highest BCUT2D eigenvalue weighted by atomic mass is 127. The number of non-ortho nitro benzene ring substituents is 1. The summed E-state index contributed by atoms with van der Waals surface area (Å²) in [6.07, 6.45) is 0. The highest BCUT2D eigenvalue weighted by Crippen LogP contribution is 2.30. The Bertz CT molecular complexity index is 971. The lowest BCUT2D eigenvalue weighted by Gasteiger charge is -2.04. The maximum atomic E-state index is 12.1. The molecular formula is C14H6ClIN2O4. The number of halogens is 2. The van der Waals surface area contributed by atoms with E-state index in [9.17, 15) is 14.9 Å². The van der Waals surface area contributed by atoms with Crippen LogP contribution in [0.1, 0.15) is 0 Å². The Labute approximate surface area is 142 Å². The average molecular weight is 429 g/mol. The normalized spacial score (nSPS) is 10.8. The van der Waals surface area contributed by atoms with E-state index in [1.807, 2.05) is 0 Å². The summed E-state index contributed by atoms with van der Waals surface area (Å²) < 4.78 is 6.05. The topological polar surface area (TPSA) is 86.2 Å². The first-order valence-corrected chi connectivity index (χ1v) is 7.46. The van der Waals surface area contributed by atoms with Crippen LogP contribution in [0, 0.1) is 13.7 Å². The molecule has 0 aliphatic heterocycles. The molecular weight excluding hydrogens is 423 g/mol. The third kappa shape index (κ3) is 2.69. The molecule has 110 valence electrons. The third-order valence-corrected chi connectivity index (χ3v) is 3.98. The average Bonchev–Trinajstić information content (AvgIpc) is 2.48. The van der Waals surface area contributed by atoms with E-state index in [1.165, 1.54) is 18.2 Å². The number of aromatic nitrogens is 1. The Hall–Kier alpha value is -2.00. The van der Waals surface area contributed by atoms with E-state index < -0.39 is 10.5 Å². The first-order valence-electron chi connectivity index (χ1n) is 6.00. The van der Waals surface area contributed by atoms with E-state index in [0.717, 1.165) is 3.57 Å². The lowest BCUT2D eigenvalue weighted by Crippen LogP contribution is -2.03. The van der Waals surface area contributed by atoms with Gasteiger partial charge in [-0.15, -0.1) is 0 Å². The molecule has 0 atom stereocenters. The number of rotatable bonds is 2. The molecule has 3 rings (SSSR count). The first kappa shape index (κ1) is 14.9. The van der Waals surface area contributed by atoms with Crippen molar-refractivity contribution in [3.63, 3.8) is 0 Å². The van der Waals surface area contributed by atoms with Crippen LogP contribution in [0.4, 0.5) is 5.69 Å². The molecule has 6 nitrogen and oxygen atoms in total. The number of benzene rings is 2. The molecule has 3 aromatic rings. The first-order chi connectivity index (χ1) is 10.5. The van der Waals surface area contributed by atoms with Gasteiger partial charge in [0.15, 0.2) is 0 Å². The quantitative estimate of drug-likeness (QED) is 0.350. The number of nitrogens with zero attached hydrogens (tertiary/aromatic N) is 2. The van der Waals surface area contributed by atoms with Crippen molar-refractivity contribution in [1.29, 1.82) is 0 Å². The molecule has 0 bridgehead atoms. The Kier molecular flexibility index (Phi) is 3.83. The fraction of sp³-hybridized carbons (Fsp3) is 0. The summed E-state index contributed by atoms with van der Waals surface area (Å²) in [5.74, 6) is -0.0487. The van der Waals surface area contributed by atoms with Gasteiger partial charge in [0, 0.05) is 15.7 Å². The largest absolute Gasteiger partial charge is 0.403 e. The van der Waals surface area contributed by atoms with E-state index in [0.29, 0.717) is 10.9 Å². The van der Waals surface area contributed by atoms with Crippen LogP contribution >= 0.6 is 34.2 Å². The van der Waals surface area contributed by atoms with Crippen molar-refractivity contribution >= 4 is 50.8 Å². The summed E-state index contributed by atoms with van der Waals surface area (Å²) in [5, 5.41) is 11.4. The van der Waals surface area contributed by atoms with Gasteiger partial charge in [-0.05, 0) is 46.9 Å². The fourth-order valence-corrected chi connectivity index (χ4v) is 2.64. The standard InChI is InChI=1S/C14H6ClIN2O4/c15-11-3-2-8(18(20)21)6-9(11)13-17-12-4-1-7(16)5-10(12)14(19)22-13/h1-6H. The second-order valence-electron chi connectivity index (χ2n) is 4.39. The molecule has 0 saturated carbocycles. The minimum absolute atomic E-state index is 0.0487. The molecule has 0 fully saturated rings. The van der Waals surface area contributed by atoms with Crippen molar-refractivity contribution in [2.24, 2.45) is 0 Å². The predicted octanol–water partition coefficient (Wildman–Crippen LogP) is 4.02. The van der Waals surface area contributed by atoms with Crippen LogP contribution in [-0.4, -0.2) is 9.91 Å². The zero-order valence-corrected chi connectivity index (χ0v) is 13.7. The smallest absolute Gasteiger partial charge is 0.347 e. The van der Waals surface area contributed by atoms with Crippen molar-refractivity contribution in [3.8, 4) is 11.5 Å². The van der Waals surface area contributed by atoms with Crippen LogP contribution in [0.3, 0.4) is 0 Å². The summed E-state index contributed by atoms with van der Waals surface area (Å²) in [5.41, 5.74) is -0.0877. The van der Waals surface area contributed by atoms with E-state index in [-0.39, 0.29) is 22.2 Å². The zero-order chi connectivity index (χ0) is 15.9. The van der Waals surface area contributed by atoms with Gasteiger partial charge in [0.05, 0.1) is 26.4 Å². The van der Waals surface area contributed by atoms with Crippen molar-refractivity contribution < 1.29 is 9.34 Å². The number of nitro groups is 1. The van der Waals surface area contributed by atoms with Crippen LogP contribution in [0.2, 0.25) is 5.02 Å². The van der Waals surface area contributed by atoms with Crippen LogP contribution in [0.5, 0.6) is 0 Å². The van der Waals surface area contributed by atoms with Crippen molar-refractivity contribution in [2.75, 3.05) is 0 Å². The van der Waals surface area contributed by atoms with E-state index in [1.54, 1.807) is 18.2 Å². The number of nitro benzene ring substituents is 1. The third-order valence-electron chi connectivity index (χ3n) is 2.98. The summed E-state index contributed by atoms with van der Waals surface area (Å²) in [6, 6.07) is 9.01. The summed E-state index contributed by atoms with van der Waals surface area (Å²) >= 11 is 8.12. The van der Waals surface area contributed by atoms with Crippen LogP contribution in [0.25, 0.3) is 22.4 Å². The molecule has 8 heteroatoms. The minimum Gasteiger partial charge on any atom is -0.403 e. The summed E-state index contributed by atoms with van der Waals surface area (Å²) in [6.45, 7) is 0. The predicted molar refractivity (Wildman–Crippen MR) is 90.1 cm³/mol. The Morgan fingerprint density at radius 3 is 2.73 bits per heavy atom. The van der Waals surface area contributed by atoms with Crippen LogP contribution in [0.15, 0.2) is 45.6 Å². The lowest BCUT2D eigenvalue weighted by atomic mass is 10.2. The highest BCUT2D eigenvalue weighted by molar-refractivity contribution is 14.1. The number of fused-ring (bicyclic) bond motifs is 1. The zero-order valence-electron chi connectivity index (χ0n) is 10.7. The Morgan fingerprint density at radius 2 is 2.00 bits per heavy atom. The maximum absolute atomic E-state index is 12.1. The molecule has 1 aromatic heterocycles. The number of hydrogen-bond acceptors (Lipinski definition) is 5. The maximum Gasteiger partial charge on any atom is 0.347 e. The Balaban J connectivity index is 2.27. The SMILES string of the molecule is O=c1oc(-c2cc([N+](=O)[O-])ccc2Cl)nc2ccc(I)cc12. The number of hydrogen-bond donors (Lipinski definition) is 0. The lowest BCUT2D eigenvalue weighted by molar-refractivity contribution is -0.384. The molecule has 2 aromatic carbocycles. The molecule has 0 saturated heterocycles. The van der Waals surface area contributed by atoms with E-state index in [2.05, 4.69) is 27.6 Å². The monoisotopic (exact) mass is 428 g/mol. The van der Waals surface area contributed by atoms with Gasteiger partial charge >= 0.3 is 5.63 Å². The van der Waals surface area contributed by atoms with Gasteiger partial charge in [0.1, 0.15) is 0 Å². The second kappa shape index (κ2) is 5.65. The van der Waals surface area contributed by atoms with Gasteiger partial charge in [0.25, 0.3) is 5.69 Å². The molecule has 0 radical (unpaired) electrons. The summed E-state index contributed by atoms with van der Waals surface area (Å²) in [7, 11) is 0. The molecule has 0 amide bonds. The fourth-order valence-electron chi connectivity index (χ4n) is 1.95. The molecule has 0 spiro atoms. The van der Waals surface area contributed by atoms with Gasteiger partial charge in [0.2, 0.25) is 5.89 Å². The van der Waals surface area contributed by atoms with Crippen molar-refractivity contribution in [2.45, 2.75) is 0 Å². The van der Waals surface area contributed by atoms with E-state index in [4.69, 9.17) is 16.0 Å². The molecule has 0 N–H and O–H groups in total. The molecule has 22 heavy (non-hydrogen) atoms. The van der Waals surface area contributed by atoms with Gasteiger partial charge in [-0.25, -0.2) is 9.78 Å². The van der Waals surface area contributed by atoms with E-state index >= 15 is 0 Å². The molecule has 0 aliphatic carbocycles. The minimum atomic E-state index is -0.568. The van der Waals surface area contributed by atoms with Gasteiger partial charge in [-0.1, -0.05) is 11.6 Å². The van der Waals surface area contributed by atoms with Crippen molar-refractivity contribution in [1.82, 2.24) is 4.98 Å². The summed E-state index contributed by atoms with van der Waals surface area (Å²) in [4.78, 5) is 26.6. The van der Waals surface area contributed by atoms with Gasteiger partial charge < -0.3 is 4.42 Å². The van der Waals surface area contributed by atoms with Crippen LogP contribution in [-0.2, 0) is 0 Å². The molecule has 1 heterocycles. The Morgan fingerprint density at radius 1 is 1.23 bits per heavy atom. The second-order valence-corrected chi connectivity index (χ2v) is 6.04. The molecule has 0 unspecified atom stereocenters. The van der Waals surface area contributed by atoms with Gasteiger partial charge in [-0.3, -0.25) is 10.1 Å².